The summed E-state index contributed by atoms with van der Waals surface area (Å²) in [6.45, 7) is -0.813. The lowest BCUT2D eigenvalue weighted by atomic mass is 10.1. The molecule has 1 saturated heterocycles. The average molecular weight is 654 g/mol. The van der Waals surface area contributed by atoms with Crippen molar-refractivity contribution in [2.75, 3.05) is 26.2 Å². The third-order valence-electron chi connectivity index (χ3n) is 7.29. The predicted octanol–water partition coefficient (Wildman–Crippen LogP) is -4.09. The summed E-state index contributed by atoms with van der Waals surface area (Å²) >= 11 is 0. The Balaban J connectivity index is 2.13. The Hall–Kier alpha value is -4.62. The van der Waals surface area contributed by atoms with Crippen LogP contribution in [0.4, 0.5) is 0 Å². The predicted molar refractivity (Wildman–Crippen MR) is 158 cm³/mol. The van der Waals surface area contributed by atoms with Gasteiger partial charge in [0.25, 0.3) is 0 Å². The first-order chi connectivity index (χ1) is 21.9. The normalized spacial score (nSPS) is 16.8. The van der Waals surface area contributed by atoms with E-state index in [9.17, 15) is 43.8 Å². The smallest absolute Gasteiger partial charge is 0.326 e. The van der Waals surface area contributed by atoms with Crippen molar-refractivity contribution in [3.05, 3.63) is 18.2 Å². The van der Waals surface area contributed by atoms with Crippen LogP contribution in [0.2, 0.25) is 0 Å². The number of carboxylic acid groups (broad SMARTS) is 2. The summed E-state index contributed by atoms with van der Waals surface area (Å²) in [5.74, 6) is -6.28. The summed E-state index contributed by atoms with van der Waals surface area (Å²) in [6, 6.07) is -6.31. The van der Waals surface area contributed by atoms with Crippen molar-refractivity contribution in [2.45, 2.75) is 81.6 Å². The summed E-state index contributed by atoms with van der Waals surface area (Å²) in [5.41, 5.74) is 11.7. The molecule has 0 aliphatic carbocycles. The molecule has 1 aromatic rings. The number of unbranched alkanes of at least 4 members (excludes halogenated alkanes) is 1. The van der Waals surface area contributed by atoms with Gasteiger partial charge in [-0.15, -0.1) is 0 Å². The van der Waals surface area contributed by atoms with Crippen molar-refractivity contribution in [2.24, 2.45) is 11.5 Å². The van der Waals surface area contributed by atoms with Gasteiger partial charge in [0.2, 0.25) is 29.5 Å². The van der Waals surface area contributed by atoms with E-state index in [2.05, 4.69) is 31.2 Å². The van der Waals surface area contributed by atoms with E-state index < -0.39 is 91.3 Å². The molecular formula is C27H43N9O10. The summed E-state index contributed by atoms with van der Waals surface area (Å²) in [4.78, 5) is 94.7. The number of carbonyl (C=O) groups excluding carboxylic acids is 5. The van der Waals surface area contributed by atoms with Crippen LogP contribution >= 0.6 is 0 Å². The molecule has 0 aromatic carbocycles. The van der Waals surface area contributed by atoms with Crippen LogP contribution in [-0.4, -0.2) is 128 Å². The lowest BCUT2D eigenvalue weighted by molar-refractivity contribution is -0.148. The molecule has 1 aromatic heterocycles. The van der Waals surface area contributed by atoms with Crippen LogP contribution in [-0.2, 0) is 40.0 Å². The van der Waals surface area contributed by atoms with E-state index in [1.54, 1.807) is 0 Å². The van der Waals surface area contributed by atoms with E-state index in [-0.39, 0.29) is 25.8 Å². The molecule has 1 aliphatic rings. The molecule has 2 heterocycles. The van der Waals surface area contributed by atoms with Crippen LogP contribution in [0.1, 0.15) is 50.6 Å². The number of nitrogens with zero attached hydrogens (tertiary/aromatic N) is 2. The lowest BCUT2D eigenvalue weighted by Gasteiger charge is -2.26. The first-order valence-electron chi connectivity index (χ1n) is 14.8. The van der Waals surface area contributed by atoms with E-state index in [1.807, 2.05) is 0 Å². The van der Waals surface area contributed by atoms with Gasteiger partial charge in [0.05, 0.1) is 25.5 Å². The number of hydrogen-bond donors (Lipinski definition) is 10. The van der Waals surface area contributed by atoms with Crippen LogP contribution in [0.3, 0.4) is 0 Å². The highest BCUT2D eigenvalue weighted by Crippen LogP contribution is 2.17. The topological polar surface area (TPSA) is 312 Å². The number of aliphatic carboxylic acids is 2. The number of nitrogens with two attached hydrogens (primary N) is 2. The van der Waals surface area contributed by atoms with Gasteiger partial charge in [-0.05, 0) is 45.1 Å². The number of carbonyl (C=O) groups is 7. The van der Waals surface area contributed by atoms with Crippen molar-refractivity contribution in [1.82, 2.24) is 36.1 Å². The maximum Gasteiger partial charge on any atom is 0.326 e. The first kappa shape index (κ1) is 37.6. The van der Waals surface area contributed by atoms with Crippen LogP contribution in [0.25, 0.3) is 0 Å². The minimum Gasteiger partial charge on any atom is -0.481 e. The molecule has 1 fully saturated rings. The molecule has 2 rings (SSSR count). The van der Waals surface area contributed by atoms with Crippen molar-refractivity contribution >= 4 is 41.5 Å². The molecule has 1 aliphatic heterocycles. The number of nitrogens with one attached hydrogen (secondary N) is 5. The number of imidazole rings is 1. The molecule has 0 bridgehead atoms. The highest BCUT2D eigenvalue weighted by molar-refractivity contribution is 5.96. The number of rotatable bonds is 20. The standard InChI is InChI=1S/C27H43N9O10/c28-8-2-1-4-17(24(42)31-12-21(38)36-9-3-5-20(36)27(45)46)33-25(43)18(10-15-11-30-14-32-15)34-26(44)19(13-37)35-23(41)16(29)6-7-22(39)40/h11,14,16-20,37H,1-10,12-13,28-29H2,(H,30,32)(H,31,42)(H,33,43)(H,34,44)(H,35,41)(H,39,40)(H,45,46)/t16-,17-,18-,19-,20-/m0/s1. The number of aromatic amines is 1. The zero-order valence-electron chi connectivity index (χ0n) is 25.3. The van der Waals surface area contributed by atoms with Crippen molar-refractivity contribution in [1.29, 1.82) is 0 Å². The van der Waals surface area contributed by atoms with Crippen LogP contribution in [0.5, 0.6) is 0 Å². The SMILES string of the molecule is NCCCC[C@H](NC(=O)[C@H](Cc1cnc[nH]1)NC(=O)[C@H](CO)NC(=O)[C@@H](N)CCC(=O)O)C(=O)NCC(=O)N1CCC[C@H]1C(=O)O. The van der Waals surface area contributed by atoms with Crippen LogP contribution in [0.15, 0.2) is 12.5 Å². The molecule has 19 nitrogen and oxygen atoms in total. The molecule has 12 N–H and O–H groups in total. The van der Waals surface area contributed by atoms with Gasteiger partial charge in [-0.1, -0.05) is 0 Å². The molecule has 5 amide bonds. The molecular weight excluding hydrogens is 610 g/mol. The molecule has 0 saturated carbocycles. The van der Waals surface area contributed by atoms with Gasteiger partial charge in [0.1, 0.15) is 24.2 Å². The Morgan fingerprint density at radius 2 is 1.63 bits per heavy atom. The van der Waals surface area contributed by atoms with Gasteiger partial charge in [0.15, 0.2) is 0 Å². The minimum absolute atomic E-state index is 0.124. The van der Waals surface area contributed by atoms with Gasteiger partial charge < -0.3 is 57.9 Å². The van der Waals surface area contributed by atoms with E-state index in [4.69, 9.17) is 16.6 Å². The van der Waals surface area contributed by atoms with Crippen molar-refractivity contribution in [3.8, 4) is 0 Å². The zero-order valence-corrected chi connectivity index (χ0v) is 25.3. The summed E-state index contributed by atoms with van der Waals surface area (Å²) in [7, 11) is 0. The van der Waals surface area contributed by atoms with E-state index in [0.717, 1.165) is 0 Å². The highest BCUT2D eigenvalue weighted by Gasteiger charge is 2.35. The van der Waals surface area contributed by atoms with Crippen molar-refractivity contribution < 1.29 is 48.9 Å². The van der Waals surface area contributed by atoms with Gasteiger partial charge in [-0.25, -0.2) is 9.78 Å². The number of amides is 5. The fourth-order valence-electron chi connectivity index (χ4n) is 4.72. The number of likely N-dealkylation sites (tertiary alicyclic amines) is 1. The summed E-state index contributed by atoms with van der Waals surface area (Å²) in [6.07, 6.45) is 3.87. The fourth-order valence-corrected chi connectivity index (χ4v) is 4.72. The van der Waals surface area contributed by atoms with E-state index in [0.29, 0.717) is 37.9 Å². The number of aromatic nitrogens is 2. The summed E-state index contributed by atoms with van der Waals surface area (Å²) < 4.78 is 0. The van der Waals surface area contributed by atoms with Gasteiger partial charge in [0, 0.05) is 31.3 Å². The zero-order chi connectivity index (χ0) is 34.2. The third-order valence-corrected chi connectivity index (χ3v) is 7.29. The summed E-state index contributed by atoms with van der Waals surface area (Å²) in [5, 5.41) is 37.6. The second-order valence-electron chi connectivity index (χ2n) is 10.8. The van der Waals surface area contributed by atoms with Gasteiger partial charge in [-0.3, -0.25) is 28.8 Å². The molecule has 0 radical (unpaired) electrons. The molecule has 46 heavy (non-hydrogen) atoms. The second-order valence-corrected chi connectivity index (χ2v) is 10.8. The number of aliphatic hydroxyl groups excluding tert-OH is 1. The number of aliphatic hydroxyl groups is 1. The number of hydrogen-bond acceptors (Lipinski definition) is 11. The molecule has 19 heteroatoms. The Morgan fingerprint density at radius 3 is 2.24 bits per heavy atom. The maximum absolute atomic E-state index is 13.5. The Kier molecular flexibility index (Phi) is 15.5. The lowest BCUT2D eigenvalue weighted by Crippen LogP contribution is -2.59. The van der Waals surface area contributed by atoms with Crippen LogP contribution in [0, 0.1) is 0 Å². The molecule has 0 spiro atoms. The first-order valence-corrected chi connectivity index (χ1v) is 14.8. The maximum atomic E-state index is 13.5. The van der Waals surface area contributed by atoms with Crippen molar-refractivity contribution in [3.63, 3.8) is 0 Å². The monoisotopic (exact) mass is 653 g/mol. The minimum atomic E-state index is -1.55. The Bertz CT molecular complexity index is 1210. The molecule has 256 valence electrons. The number of H-pyrrole nitrogens is 1. The molecule has 0 unspecified atom stereocenters. The largest absolute Gasteiger partial charge is 0.481 e. The second kappa shape index (κ2) is 19.0. The average Bonchev–Trinajstić information content (AvgIpc) is 3.73. The third kappa shape index (κ3) is 12.1. The van der Waals surface area contributed by atoms with Gasteiger partial charge >= 0.3 is 11.9 Å². The quantitative estimate of drug-likeness (QED) is 0.0599. The van der Waals surface area contributed by atoms with E-state index >= 15 is 0 Å². The van der Waals surface area contributed by atoms with Gasteiger partial charge in [-0.2, -0.15) is 0 Å². The Morgan fingerprint density at radius 1 is 0.957 bits per heavy atom. The van der Waals surface area contributed by atoms with E-state index in [1.165, 1.54) is 17.4 Å². The Labute approximate surface area is 264 Å². The number of carboxylic acids is 2. The molecule has 5 atom stereocenters. The van der Waals surface area contributed by atoms with Crippen LogP contribution < -0.4 is 32.7 Å². The fraction of sp³-hybridized carbons (Fsp3) is 0.630. The highest BCUT2D eigenvalue weighted by atomic mass is 16.4.